The van der Waals surface area contributed by atoms with Gasteiger partial charge in [-0.1, -0.05) is 47.6 Å². The Hall–Kier alpha value is -0.490. The van der Waals surface area contributed by atoms with Crippen molar-refractivity contribution in [3.8, 4) is 0 Å². The number of carbonyl (C=O) groups is 2. The lowest BCUT2D eigenvalue weighted by Gasteiger charge is -2.13. The largest absolute Gasteiger partial charge is 0.462 e. The zero-order valence-electron chi connectivity index (χ0n) is 12.7. The van der Waals surface area contributed by atoms with Crippen molar-refractivity contribution in [1.29, 1.82) is 0 Å². The highest BCUT2D eigenvalue weighted by atomic mass is 35.6. The van der Waals surface area contributed by atoms with Crippen LogP contribution >= 0.6 is 46.1 Å². The predicted octanol–water partition coefficient (Wildman–Crippen LogP) is 4.89. The van der Waals surface area contributed by atoms with Crippen LogP contribution in [0.15, 0.2) is 0 Å². The zero-order chi connectivity index (χ0) is 17.0. The number of amides is 1. The Labute approximate surface area is 154 Å². The number of ether oxygens (including phenoxy) is 1. The molecule has 0 aliphatic heterocycles. The molecule has 0 bridgehead atoms. The summed E-state index contributed by atoms with van der Waals surface area (Å²) in [6.45, 7) is 2.01. The van der Waals surface area contributed by atoms with E-state index < -0.39 is 15.7 Å². The number of alkyl halides is 3. The molecule has 0 saturated carbocycles. The van der Waals surface area contributed by atoms with Crippen LogP contribution in [0.1, 0.15) is 53.4 Å². The average molecular weight is 399 g/mol. The summed E-state index contributed by atoms with van der Waals surface area (Å²) in [6, 6.07) is 0. The minimum absolute atomic E-state index is 0.265. The minimum atomic E-state index is -2.08. The number of rotatable bonds is 3. The maximum absolute atomic E-state index is 12.4. The lowest BCUT2D eigenvalue weighted by Crippen LogP contribution is -2.27. The lowest BCUT2D eigenvalue weighted by atomic mass is 9.96. The van der Waals surface area contributed by atoms with E-state index in [0.717, 1.165) is 42.5 Å². The van der Waals surface area contributed by atoms with Gasteiger partial charge in [0.25, 0.3) is 9.70 Å². The van der Waals surface area contributed by atoms with E-state index >= 15 is 0 Å². The third kappa shape index (κ3) is 4.75. The van der Waals surface area contributed by atoms with Crippen molar-refractivity contribution in [3.63, 3.8) is 0 Å². The number of thiophene rings is 1. The first-order chi connectivity index (χ1) is 10.8. The van der Waals surface area contributed by atoms with Crippen LogP contribution in [-0.2, 0) is 22.4 Å². The van der Waals surface area contributed by atoms with Crippen molar-refractivity contribution in [2.24, 2.45) is 0 Å². The van der Waals surface area contributed by atoms with Crippen LogP contribution < -0.4 is 5.32 Å². The van der Waals surface area contributed by atoms with Crippen molar-refractivity contribution in [1.82, 2.24) is 0 Å². The molecule has 1 aliphatic carbocycles. The third-order valence-corrected chi connectivity index (χ3v) is 5.36. The molecule has 1 aromatic heterocycles. The second kappa shape index (κ2) is 8.06. The van der Waals surface area contributed by atoms with Gasteiger partial charge in [0.15, 0.2) is 0 Å². The van der Waals surface area contributed by atoms with E-state index in [1.165, 1.54) is 17.8 Å². The van der Waals surface area contributed by atoms with Gasteiger partial charge in [0.05, 0.1) is 12.2 Å². The summed E-state index contributed by atoms with van der Waals surface area (Å²) in [6.07, 6.45) is 6.05. The van der Waals surface area contributed by atoms with Gasteiger partial charge in [0.1, 0.15) is 5.00 Å². The molecule has 128 valence electrons. The summed E-state index contributed by atoms with van der Waals surface area (Å²) in [4.78, 5) is 25.4. The number of hydrogen-bond acceptors (Lipinski definition) is 4. The zero-order valence-corrected chi connectivity index (χ0v) is 15.8. The Morgan fingerprint density at radius 3 is 2.43 bits per heavy atom. The Kier molecular flexibility index (Phi) is 6.60. The Morgan fingerprint density at radius 2 is 1.83 bits per heavy atom. The van der Waals surface area contributed by atoms with Crippen molar-refractivity contribution >= 4 is 63.0 Å². The molecule has 1 N–H and O–H groups in total. The van der Waals surface area contributed by atoms with Crippen LogP contribution in [0.4, 0.5) is 5.00 Å². The molecule has 0 spiro atoms. The van der Waals surface area contributed by atoms with Crippen molar-refractivity contribution < 1.29 is 14.3 Å². The molecule has 0 saturated heterocycles. The number of hydrogen-bond donors (Lipinski definition) is 1. The molecular weight excluding hydrogens is 381 g/mol. The topological polar surface area (TPSA) is 55.4 Å². The molecule has 1 aromatic rings. The Bertz CT molecular complexity index is 596. The summed E-state index contributed by atoms with van der Waals surface area (Å²) >= 11 is 18.2. The molecule has 4 nitrogen and oxygen atoms in total. The van der Waals surface area contributed by atoms with Crippen LogP contribution in [-0.4, -0.2) is 22.3 Å². The van der Waals surface area contributed by atoms with Gasteiger partial charge in [-0.3, -0.25) is 4.79 Å². The van der Waals surface area contributed by atoms with Crippen LogP contribution in [0.3, 0.4) is 0 Å². The molecule has 2 rings (SSSR count). The minimum Gasteiger partial charge on any atom is -0.462 e. The summed E-state index contributed by atoms with van der Waals surface area (Å²) < 4.78 is 3.07. The van der Waals surface area contributed by atoms with Gasteiger partial charge in [0, 0.05) is 4.88 Å². The highest BCUT2D eigenvalue weighted by molar-refractivity contribution is 7.17. The maximum atomic E-state index is 12.4. The van der Waals surface area contributed by atoms with Crippen LogP contribution in [0.5, 0.6) is 0 Å². The molecule has 23 heavy (non-hydrogen) atoms. The molecule has 0 radical (unpaired) electrons. The number of halogens is 3. The molecular formula is C15H18Cl3NO3S. The van der Waals surface area contributed by atoms with Gasteiger partial charge in [-0.05, 0) is 38.2 Å². The van der Waals surface area contributed by atoms with Gasteiger partial charge in [-0.2, -0.15) is 0 Å². The smallest absolute Gasteiger partial charge is 0.341 e. The Morgan fingerprint density at radius 1 is 1.17 bits per heavy atom. The van der Waals surface area contributed by atoms with E-state index in [0.29, 0.717) is 10.6 Å². The van der Waals surface area contributed by atoms with E-state index in [-0.39, 0.29) is 6.61 Å². The molecule has 1 amide bonds. The van der Waals surface area contributed by atoms with E-state index in [1.807, 2.05) is 0 Å². The summed E-state index contributed by atoms with van der Waals surface area (Å²) in [5.41, 5.74) is 1.38. The maximum Gasteiger partial charge on any atom is 0.341 e. The standard InChI is InChI=1S/C15H18Cl3NO3S/c1-2-22-13(20)11-9-7-5-3-4-6-8-10(9)23-12(11)19-14(21)15(16,17)18/h2-8H2,1H3,(H,19,21). The van der Waals surface area contributed by atoms with E-state index in [2.05, 4.69) is 5.32 Å². The van der Waals surface area contributed by atoms with E-state index in [9.17, 15) is 9.59 Å². The molecule has 0 fully saturated rings. The molecule has 1 aliphatic rings. The number of anilines is 1. The van der Waals surface area contributed by atoms with Crippen molar-refractivity contribution in [2.75, 3.05) is 11.9 Å². The fourth-order valence-corrected chi connectivity index (χ4v) is 4.01. The summed E-state index contributed by atoms with van der Waals surface area (Å²) in [7, 11) is 0. The number of aryl methyl sites for hydroxylation is 1. The first kappa shape index (κ1) is 18.8. The van der Waals surface area contributed by atoms with Crippen molar-refractivity contribution in [2.45, 2.75) is 49.2 Å². The normalized spacial score (nSPS) is 15.3. The quantitative estimate of drug-likeness (QED) is 0.582. The lowest BCUT2D eigenvalue weighted by molar-refractivity contribution is -0.115. The first-order valence-electron chi connectivity index (χ1n) is 7.54. The third-order valence-electron chi connectivity index (χ3n) is 3.64. The average Bonchev–Trinajstić information content (AvgIpc) is 2.75. The van der Waals surface area contributed by atoms with Gasteiger partial charge >= 0.3 is 5.97 Å². The summed E-state index contributed by atoms with van der Waals surface area (Å²) in [5.74, 6) is -1.22. The SMILES string of the molecule is CCOC(=O)c1c(NC(=O)C(Cl)(Cl)Cl)sc2c1CCCCCC2. The molecule has 8 heteroatoms. The predicted molar refractivity (Wildman–Crippen MR) is 95.1 cm³/mol. The van der Waals surface area contributed by atoms with Crippen LogP contribution in [0.2, 0.25) is 0 Å². The van der Waals surface area contributed by atoms with Crippen molar-refractivity contribution in [3.05, 3.63) is 16.0 Å². The van der Waals surface area contributed by atoms with E-state index in [1.54, 1.807) is 6.92 Å². The van der Waals surface area contributed by atoms with Crippen LogP contribution in [0.25, 0.3) is 0 Å². The fourth-order valence-electron chi connectivity index (χ4n) is 2.60. The second-order valence-corrected chi connectivity index (χ2v) is 8.68. The highest BCUT2D eigenvalue weighted by Gasteiger charge is 2.33. The number of nitrogens with one attached hydrogen (secondary N) is 1. The van der Waals surface area contributed by atoms with Crippen LogP contribution in [0, 0.1) is 0 Å². The Balaban J connectivity index is 2.41. The molecule has 0 atom stereocenters. The molecule has 0 aromatic carbocycles. The number of carbonyl (C=O) groups excluding carboxylic acids is 2. The highest BCUT2D eigenvalue weighted by Crippen LogP contribution is 2.39. The summed E-state index contributed by atoms with van der Waals surface area (Å²) in [5, 5.41) is 2.98. The van der Waals surface area contributed by atoms with Gasteiger partial charge in [0.2, 0.25) is 0 Å². The molecule has 0 unspecified atom stereocenters. The first-order valence-corrected chi connectivity index (χ1v) is 9.49. The monoisotopic (exact) mass is 397 g/mol. The van der Waals surface area contributed by atoms with Gasteiger partial charge in [-0.25, -0.2) is 4.79 Å². The second-order valence-electron chi connectivity index (χ2n) is 5.29. The van der Waals surface area contributed by atoms with E-state index in [4.69, 9.17) is 39.5 Å². The number of esters is 1. The number of fused-ring (bicyclic) bond motifs is 1. The van der Waals surface area contributed by atoms with Gasteiger partial charge in [-0.15, -0.1) is 11.3 Å². The van der Waals surface area contributed by atoms with Gasteiger partial charge < -0.3 is 10.1 Å². The molecule has 1 heterocycles. The fraction of sp³-hybridized carbons (Fsp3) is 0.600.